The number of likely N-dealkylation sites (tertiary alicyclic amines) is 1. The van der Waals surface area contributed by atoms with Crippen molar-refractivity contribution in [2.45, 2.75) is 159 Å². The lowest BCUT2D eigenvalue weighted by Crippen LogP contribution is -2.60. The predicted octanol–water partition coefficient (Wildman–Crippen LogP) is 4.59. The fraction of sp³-hybridized carbons (Fsp3) is 0.491. The molecule has 7 amide bonds. The van der Waals surface area contributed by atoms with Gasteiger partial charge in [-0.05, 0) is 99.7 Å². The SMILES string of the molecule is CCCCCCCCC(=O)N[C@@H](CCCCN)C(=O)N[C@@H](Cc1ccccc1)C(=O)N[C@@H](CCCCN)C(=O)N[C@@H](Cc1c[nH]c2ccccc12)C(=O)N1CCC[C@H]1C(=O)N[C@@H](Cc1c[nH]c2ccccc12)C(N)=O. The topological polar surface area (TPSA) is 293 Å². The third-order valence-corrected chi connectivity index (χ3v) is 14.2. The maximum absolute atomic E-state index is 15.0. The molecule has 6 atom stereocenters. The molecule has 0 saturated carbocycles. The monoisotopic (exact) mass is 1030 g/mol. The van der Waals surface area contributed by atoms with Crippen molar-refractivity contribution in [3.05, 3.63) is 108 Å². The predicted molar refractivity (Wildman–Crippen MR) is 292 cm³/mol. The number of rotatable bonds is 32. The maximum Gasteiger partial charge on any atom is 0.246 e. The van der Waals surface area contributed by atoms with Crippen molar-refractivity contribution in [2.24, 2.45) is 17.2 Å². The minimum Gasteiger partial charge on any atom is -0.368 e. The molecule has 1 fully saturated rings. The lowest BCUT2D eigenvalue weighted by molar-refractivity contribution is -0.142. The maximum atomic E-state index is 15.0. The summed E-state index contributed by atoms with van der Waals surface area (Å²) in [7, 11) is 0. The van der Waals surface area contributed by atoms with Gasteiger partial charge in [-0.1, -0.05) is 106 Å². The summed E-state index contributed by atoms with van der Waals surface area (Å²) in [5.41, 5.74) is 21.6. The van der Waals surface area contributed by atoms with Crippen LogP contribution in [0.4, 0.5) is 0 Å². The molecule has 1 saturated heterocycles. The largest absolute Gasteiger partial charge is 0.368 e. The Bertz CT molecular complexity index is 2650. The molecule has 0 spiro atoms. The Hall–Kier alpha value is -7.05. The number of para-hydroxylation sites is 2. The van der Waals surface area contributed by atoms with Gasteiger partial charge in [-0.2, -0.15) is 0 Å². The van der Waals surface area contributed by atoms with E-state index in [0.29, 0.717) is 64.5 Å². The van der Waals surface area contributed by atoms with Crippen LogP contribution in [0.15, 0.2) is 91.3 Å². The molecule has 18 nitrogen and oxygen atoms in total. The lowest BCUT2D eigenvalue weighted by atomic mass is 10.0. The molecular weight excluding hydrogens is 951 g/mol. The number of unbranched alkanes of at least 4 members (excludes halogenated alkanes) is 7. The summed E-state index contributed by atoms with van der Waals surface area (Å²) in [5, 5.41) is 16.3. The van der Waals surface area contributed by atoms with Crippen LogP contribution < -0.4 is 43.8 Å². The van der Waals surface area contributed by atoms with Gasteiger partial charge in [0.2, 0.25) is 41.4 Å². The van der Waals surface area contributed by atoms with Crippen LogP contribution in [0.2, 0.25) is 0 Å². The molecule has 75 heavy (non-hydrogen) atoms. The molecule has 6 rings (SSSR count). The first kappa shape index (κ1) is 57.2. The lowest BCUT2D eigenvalue weighted by Gasteiger charge is -2.31. The second-order valence-corrected chi connectivity index (χ2v) is 19.9. The van der Waals surface area contributed by atoms with Gasteiger partial charge in [-0.15, -0.1) is 0 Å². The average Bonchev–Trinajstić information content (AvgIpc) is 4.18. The second-order valence-electron chi connectivity index (χ2n) is 19.9. The molecular formula is C57H79N11O7. The molecule has 18 heteroatoms. The van der Waals surface area contributed by atoms with E-state index in [0.717, 1.165) is 70.6 Å². The van der Waals surface area contributed by atoms with Crippen molar-refractivity contribution in [1.82, 2.24) is 41.5 Å². The molecule has 3 heterocycles. The Morgan fingerprint density at radius 2 is 1.09 bits per heavy atom. The molecule has 1 aliphatic heterocycles. The highest BCUT2D eigenvalue weighted by molar-refractivity contribution is 5.98. The smallest absolute Gasteiger partial charge is 0.246 e. The number of carbonyl (C=O) groups excluding carboxylic acids is 7. The summed E-state index contributed by atoms with van der Waals surface area (Å²) in [4.78, 5) is 107. The van der Waals surface area contributed by atoms with Gasteiger partial charge < -0.3 is 58.7 Å². The van der Waals surface area contributed by atoms with E-state index in [2.05, 4.69) is 43.5 Å². The van der Waals surface area contributed by atoms with Crippen molar-refractivity contribution in [3.63, 3.8) is 0 Å². The molecule has 5 aromatic rings. The number of primary amides is 1. The van der Waals surface area contributed by atoms with E-state index >= 15 is 4.79 Å². The van der Waals surface area contributed by atoms with Gasteiger partial charge in [0.15, 0.2) is 0 Å². The van der Waals surface area contributed by atoms with Gasteiger partial charge in [-0.25, -0.2) is 0 Å². The van der Waals surface area contributed by atoms with Crippen LogP contribution in [0.3, 0.4) is 0 Å². The normalized spacial score (nSPS) is 15.4. The number of hydrogen-bond acceptors (Lipinski definition) is 9. The highest BCUT2D eigenvalue weighted by Crippen LogP contribution is 2.25. The Kier molecular flexibility index (Phi) is 22.7. The third-order valence-electron chi connectivity index (χ3n) is 14.2. The summed E-state index contributed by atoms with van der Waals surface area (Å²) in [5.74, 6) is -3.83. The van der Waals surface area contributed by atoms with Crippen LogP contribution in [0.25, 0.3) is 21.8 Å². The molecule has 1 aliphatic rings. The van der Waals surface area contributed by atoms with E-state index in [-0.39, 0.29) is 44.6 Å². The first-order valence-corrected chi connectivity index (χ1v) is 27.0. The van der Waals surface area contributed by atoms with E-state index in [1.54, 1.807) is 12.4 Å². The number of aromatic nitrogens is 2. The van der Waals surface area contributed by atoms with Crippen molar-refractivity contribution >= 4 is 63.2 Å². The fourth-order valence-corrected chi connectivity index (χ4v) is 9.97. The van der Waals surface area contributed by atoms with Crippen molar-refractivity contribution in [3.8, 4) is 0 Å². The number of nitrogens with one attached hydrogen (secondary N) is 7. The van der Waals surface area contributed by atoms with E-state index in [4.69, 9.17) is 17.2 Å². The molecule has 13 N–H and O–H groups in total. The molecule has 3 aromatic carbocycles. The second kappa shape index (κ2) is 29.7. The van der Waals surface area contributed by atoms with E-state index in [1.165, 1.54) is 4.90 Å². The molecule has 0 bridgehead atoms. The number of fused-ring (bicyclic) bond motifs is 2. The standard InChI is InChI=1S/C57H79N11O7/c1-2-3-4-5-6-10-29-51(69)63-45(26-15-17-30-58)53(71)66-48(33-38-20-8-7-9-21-38)55(73)64-46(27-16-18-31-59)54(72)67-49(35-40-37-62-44-25-14-12-23-42(40)44)57(75)68-32-19-28-50(68)56(74)65-47(52(60)70)34-39-36-61-43-24-13-11-22-41(39)43/h7-9,11-14,20-25,36-37,45-50,61-62H,2-6,10,15-19,26-35,58-59H2,1H3,(H2,60,70)(H,63,69)(H,64,73)(H,65,74)(H,66,71)(H,67,72)/t45-,46-,47-,48-,49-,50-/m0/s1. The van der Waals surface area contributed by atoms with Gasteiger partial charge in [0.25, 0.3) is 0 Å². The molecule has 404 valence electrons. The van der Waals surface area contributed by atoms with E-state index in [1.807, 2.05) is 78.9 Å². The zero-order chi connectivity index (χ0) is 53.5. The molecule has 2 aromatic heterocycles. The minimum atomic E-state index is -1.20. The number of H-pyrrole nitrogens is 2. The number of nitrogens with zero attached hydrogens (tertiary/aromatic N) is 1. The quantitative estimate of drug-likeness (QED) is 0.0269. The summed E-state index contributed by atoms with van der Waals surface area (Å²) in [6, 6.07) is 17.9. The van der Waals surface area contributed by atoms with Crippen molar-refractivity contribution in [1.29, 1.82) is 0 Å². The summed E-state index contributed by atoms with van der Waals surface area (Å²) < 4.78 is 0. The zero-order valence-corrected chi connectivity index (χ0v) is 43.5. The Labute approximate surface area is 440 Å². The van der Waals surface area contributed by atoms with Gasteiger partial charge in [0, 0.05) is 66.4 Å². The number of carbonyl (C=O) groups is 7. The number of benzene rings is 3. The Morgan fingerprint density at radius 1 is 0.573 bits per heavy atom. The number of aromatic amines is 2. The summed E-state index contributed by atoms with van der Waals surface area (Å²) in [6.45, 7) is 3.12. The van der Waals surface area contributed by atoms with E-state index in [9.17, 15) is 28.8 Å². The van der Waals surface area contributed by atoms with Crippen molar-refractivity contribution < 1.29 is 33.6 Å². The Balaban J connectivity index is 1.22. The first-order chi connectivity index (χ1) is 36.4. The number of amides is 7. The van der Waals surface area contributed by atoms with Crippen LogP contribution in [0, 0.1) is 0 Å². The minimum absolute atomic E-state index is 0.0379. The number of hydrogen-bond donors (Lipinski definition) is 10. The Morgan fingerprint density at radius 3 is 1.69 bits per heavy atom. The highest BCUT2D eigenvalue weighted by Gasteiger charge is 2.40. The fourth-order valence-electron chi connectivity index (χ4n) is 9.97. The first-order valence-electron chi connectivity index (χ1n) is 27.0. The number of nitrogens with two attached hydrogens (primary N) is 3. The van der Waals surface area contributed by atoms with Crippen LogP contribution in [0.5, 0.6) is 0 Å². The van der Waals surface area contributed by atoms with Gasteiger partial charge in [0.1, 0.15) is 36.3 Å². The highest BCUT2D eigenvalue weighted by atomic mass is 16.2. The average molecular weight is 1030 g/mol. The zero-order valence-electron chi connectivity index (χ0n) is 43.5. The molecule has 0 aliphatic carbocycles. The van der Waals surface area contributed by atoms with Crippen LogP contribution >= 0.6 is 0 Å². The van der Waals surface area contributed by atoms with Gasteiger partial charge in [0.05, 0.1) is 0 Å². The summed E-state index contributed by atoms with van der Waals surface area (Å²) >= 11 is 0. The van der Waals surface area contributed by atoms with Crippen molar-refractivity contribution in [2.75, 3.05) is 19.6 Å². The third kappa shape index (κ3) is 17.0. The van der Waals surface area contributed by atoms with Gasteiger partial charge >= 0.3 is 0 Å². The van der Waals surface area contributed by atoms with Gasteiger partial charge in [-0.3, -0.25) is 33.6 Å². The van der Waals surface area contributed by atoms with E-state index < -0.39 is 71.7 Å². The molecule has 0 radical (unpaired) electrons. The van der Waals surface area contributed by atoms with Crippen LogP contribution in [-0.2, 0) is 52.8 Å². The van der Waals surface area contributed by atoms with Crippen LogP contribution in [0.1, 0.15) is 120 Å². The van der Waals surface area contributed by atoms with Crippen LogP contribution in [-0.4, -0.2) is 112 Å². The molecule has 0 unspecified atom stereocenters. The summed E-state index contributed by atoms with van der Waals surface area (Å²) in [6.07, 6.45) is 13.6.